The zero-order valence-electron chi connectivity index (χ0n) is 18.9. The first-order valence-corrected chi connectivity index (χ1v) is 11.1. The Morgan fingerprint density at radius 2 is 1.77 bits per heavy atom. The van der Waals surface area contributed by atoms with Gasteiger partial charge in [0.15, 0.2) is 0 Å². The van der Waals surface area contributed by atoms with Gasteiger partial charge in [-0.05, 0) is 60.1 Å². The number of nitrogens with one attached hydrogen (secondary N) is 1. The fourth-order valence-corrected chi connectivity index (χ4v) is 3.91. The van der Waals surface area contributed by atoms with Crippen molar-refractivity contribution in [2.75, 3.05) is 19.7 Å². The summed E-state index contributed by atoms with van der Waals surface area (Å²) in [7, 11) is 0. The van der Waals surface area contributed by atoms with Crippen molar-refractivity contribution in [1.82, 2.24) is 10.2 Å². The maximum absolute atomic E-state index is 12.3. The third-order valence-corrected chi connectivity index (χ3v) is 5.44. The summed E-state index contributed by atoms with van der Waals surface area (Å²) < 4.78 is 5.92. The number of nitriles is 1. The van der Waals surface area contributed by atoms with E-state index in [1.54, 1.807) is 0 Å². The molecule has 3 rings (SSSR count). The second-order valence-electron chi connectivity index (χ2n) is 9.41. The number of ether oxygens (including phenoxy) is 1. The molecule has 0 aliphatic carbocycles. The number of carbonyl (C=O) groups excluding carboxylic acids is 1. The molecule has 1 unspecified atom stereocenters. The Balaban J connectivity index is 1.41. The number of nitrogens with zero attached hydrogens (tertiary/aromatic N) is 2. The molecule has 2 aromatic rings. The highest BCUT2D eigenvalue weighted by molar-refractivity contribution is 5.76. The van der Waals surface area contributed by atoms with Crippen LogP contribution in [0.2, 0.25) is 0 Å². The van der Waals surface area contributed by atoms with Crippen LogP contribution < -0.4 is 10.1 Å². The second kappa shape index (κ2) is 10.5. The first-order valence-electron chi connectivity index (χ1n) is 11.1. The Bertz CT molecular complexity index is 892. The van der Waals surface area contributed by atoms with Gasteiger partial charge in [-0.3, -0.25) is 9.69 Å². The van der Waals surface area contributed by atoms with Gasteiger partial charge in [0.25, 0.3) is 0 Å². The molecule has 1 fully saturated rings. The summed E-state index contributed by atoms with van der Waals surface area (Å²) in [6.45, 7) is 8.87. The fourth-order valence-electron chi connectivity index (χ4n) is 3.91. The average Bonchev–Trinajstić information content (AvgIpc) is 3.17. The van der Waals surface area contributed by atoms with E-state index in [-0.39, 0.29) is 17.5 Å². The summed E-state index contributed by atoms with van der Waals surface area (Å²) >= 11 is 0. The minimum Gasteiger partial charge on any atom is -0.494 e. The summed E-state index contributed by atoms with van der Waals surface area (Å²) in [5, 5.41) is 12.1. The topological polar surface area (TPSA) is 65.4 Å². The molecule has 0 radical (unpaired) electrons. The van der Waals surface area contributed by atoms with Gasteiger partial charge >= 0.3 is 0 Å². The molecular weight excluding hydrogens is 386 g/mol. The van der Waals surface area contributed by atoms with E-state index >= 15 is 0 Å². The van der Waals surface area contributed by atoms with E-state index in [9.17, 15) is 4.79 Å². The molecule has 1 amide bonds. The monoisotopic (exact) mass is 419 g/mol. The van der Waals surface area contributed by atoms with E-state index in [1.807, 2.05) is 48.5 Å². The molecule has 0 bridgehead atoms. The van der Waals surface area contributed by atoms with Gasteiger partial charge in [-0.15, -0.1) is 0 Å². The number of hydrogen-bond acceptors (Lipinski definition) is 4. The molecule has 1 saturated heterocycles. The number of likely N-dealkylation sites (tertiary alicyclic amines) is 1. The Kier molecular flexibility index (Phi) is 7.70. The molecule has 0 aromatic heterocycles. The van der Waals surface area contributed by atoms with Gasteiger partial charge in [-0.2, -0.15) is 5.26 Å². The molecule has 1 aliphatic heterocycles. The van der Waals surface area contributed by atoms with Crippen LogP contribution >= 0.6 is 0 Å². The molecule has 1 atom stereocenters. The van der Waals surface area contributed by atoms with Crippen LogP contribution in [0.3, 0.4) is 0 Å². The largest absolute Gasteiger partial charge is 0.494 e. The van der Waals surface area contributed by atoms with Crippen molar-refractivity contribution in [1.29, 1.82) is 5.26 Å². The quantitative estimate of drug-likeness (QED) is 0.614. The van der Waals surface area contributed by atoms with E-state index in [1.165, 1.54) is 0 Å². The summed E-state index contributed by atoms with van der Waals surface area (Å²) in [4.78, 5) is 14.6. The van der Waals surface area contributed by atoms with Crippen molar-refractivity contribution in [3.63, 3.8) is 0 Å². The minimum atomic E-state index is 0.0109. The van der Waals surface area contributed by atoms with Crippen molar-refractivity contribution in [2.45, 2.75) is 52.6 Å². The Labute approximate surface area is 186 Å². The lowest BCUT2D eigenvalue weighted by molar-refractivity contribution is -0.124. The summed E-state index contributed by atoms with van der Waals surface area (Å²) in [5.74, 6) is 0.997. The van der Waals surface area contributed by atoms with Gasteiger partial charge in [0.2, 0.25) is 5.91 Å². The van der Waals surface area contributed by atoms with Gasteiger partial charge in [-0.1, -0.05) is 45.0 Å². The highest BCUT2D eigenvalue weighted by Gasteiger charge is 2.26. The Hall–Kier alpha value is -2.84. The van der Waals surface area contributed by atoms with Crippen molar-refractivity contribution < 1.29 is 9.53 Å². The van der Waals surface area contributed by atoms with Crippen molar-refractivity contribution in [3.8, 4) is 22.9 Å². The molecule has 5 heteroatoms. The van der Waals surface area contributed by atoms with Crippen LogP contribution in [0.25, 0.3) is 11.1 Å². The SMILES string of the molecule is CC(C)(C)CC(=O)NC1CCCN1CCCOc1ccc(-c2ccc(C#N)cc2)cc1. The molecular formula is C26H33N3O2. The molecule has 5 nitrogen and oxygen atoms in total. The highest BCUT2D eigenvalue weighted by atomic mass is 16.5. The Morgan fingerprint density at radius 3 is 2.39 bits per heavy atom. The van der Waals surface area contributed by atoms with Crippen LogP contribution in [0.5, 0.6) is 5.75 Å². The van der Waals surface area contributed by atoms with Gasteiger partial charge < -0.3 is 10.1 Å². The predicted octanol–water partition coefficient (Wildman–Crippen LogP) is 4.97. The molecule has 164 valence electrons. The second-order valence-corrected chi connectivity index (χ2v) is 9.41. The van der Waals surface area contributed by atoms with Crippen LogP contribution in [-0.2, 0) is 4.79 Å². The maximum Gasteiger partial charge on any atom is 0.221 e. The molecule has 1 heterocycles. The summed E-state index contributed by atoms with van der Waals surface area (Å²) in [6.07, 6.45) is 3.77. The van der Waals surface area contributed by atoms with E-state index in [4.69, 9.17) is 10.00 Å². The van der Waals surface area contributed by atoms with E-state index in [2.05, 4.69) is 37.1 Å². The van der Waals surface area contributed by atoms with Gasteiger partial charge in [0.1, 0.15) is 5.75 Å². The van der Waals surface area contributed by atoms with Crippen molar-refractivity contribution in [3.05, 3.63) is 54.1 Å². The zero-order chi connectivity index (χ0) is 22.3. The van der Waals surface area contributed by atoms with Gasteiger partial charge in [0, 0.05) is 19.5 Å². The third kappa shape index (κ3) is 7.11. The zero-order valence-corrected chi connectivity index (χ0v) is 18.9. The van der Waals surface area contributed by atoms with Crippen LogP contribution in [0.15, 0.2) is 48.5 Å². The lowest BCUT2D eigenvalue weighted by atomic mass is 9.92. The number of benzene rings is 2. The standard InChI is InChI=1S/C26H33N3O2/c1-26(2,3)18-25(30)28-24-6-4-15-29(24)16-5-17-31-23-13-11-22(12-14-23)21-9-7-20(19-27)8-10-21/h7-14,24H,4-6,15-18H2,1-3H3,(H,28,30). The number of rotatable bonds is 8. The number of carbonyl (C=O) groups is 1. The van der Waals surface area contributed by atoms with Crippen LogP contribution in [0.1, 0.15) is 52.0 Å². The highest BCUT2D eigenvalue weighted by Crippen LogP contribution is 2.23. The van der Waals surface area contributed by atoms with E-state index < -0.39 is 0 Å². The lowest BCUT2D eigenvalue weighted by Crippen LogP contribution is -2.45. The Morgan fingerprint density at radius 1 is 1.13 bits per heavy atom. The lowest BCUT2D eigenvalue weighted by Gasteiger charge is -2.27. The summed E-state index contributed by atoms with van der Waals surface area (Å²) in [6, 6.07) is 17.8. The number of amides is 1. The van der Waals surface area contributed by atoms with Crippen LogP contribution in [0.4, 0.5) is 0 Å². The smallest absolute Gasteiger partial charge is 0.221 e. The fraction of sp³-hybridized carbons (Fsp3) is 0.462. The van der Waals surface area contributed by atoms with Gasteiger partial charge in [-0.25, -0.2) is 0 Å². The van der Waals surface area contributed by atoms with Crippen molar-refractivity contribution >= 4 is 5.91 Å². The first kappa shape index (κ1) is 22.8. The molecule has 0 saturated carbocycles. The van der Waals surface area contributed by atoms with Crippen LogP contribution in [0, 0.1) is 16.7 Å². The number of hydrogen-bond donors (Lipinski definition) is 1. The van der Waals surface area contributed by atoms with Gasteiger partial charge in [0.05, 0.1) is 24.4 Å². The molecule has 2 aromatic carbocycles. The van der Waals surface area contributed by atoms with Crippen molar-refractivity contribution in [2.24, 2.45) is 5.41 Å². The molecule has 0 spiro atoms. The summed E-state index contributed by atoms with van der Waals surface area (Å²) in [5.41, 5.74) is 2.86. The minimum absolute atomic E-state index is 0.0109. The molecule has 1 N–H and O–H groups in total. The van der Waals surface area contributed by atoms with Crippen LogP contribution in [-0.4, -0.2) is 36.7 Å². The normalized spacial score (nSPS) is 16.6. The van der Waals surface area contributed by atoms with E-state index in [0.29, 0.717) is 18.6 Å². The first-order chi connectivity index (χ1) is 14.8. The van der Waals surface area contributed by atoms with E-state index in [0.717, 1.165) is 49.2 Å². The molecule has 31 heavy (non-hydrogen) atoms. The third-order valence-electron chi connectivity index (χ3n) is 5.44. The predicted molar refractivity (Wildman–Crippen MR) is 124 cm³/mol. The average molecular weight is 420 g/mol. The maximum atomic E-state index is 12.3. The molecule has 1 aliphatic rings.